The predicted octanol–water partition coefficient (Wildman–Crippen LogP) is 1.06. The van der Waals surface area contributed by atoms with Crippen molar-refractivity contribution in [3.05, 3.63) is 30.1 Å². The van der Waals surface area contributed by atoms with E-state index in [1.54, 1.807) is 12.4 Å². The molecule has 2 aromatic rings. The van der Waals surface area contributed by atoms with E-state index in [4.69, 9.17) is 4.74 Å². The van der Waals surface area contributed by atoms with Gasteiger partial charge < -0.3 is 14.2 Å². The van der Waals surface area contributed by atoms with E-state index in [0.29, 0.717) is 6.61 Å². The van der Waals surface area contributed by atoms with Crippen molar-refractivity contribution in [2.75, 3.05) is 24.6 Å². The van der Waals surface area contributed by atoms with Crippen molar-refractivity contribution in [1.29, 1.82) is 0 Å². The van der Waals surface area contributed by atoms with Crippen LogP contribution in [0.2, 0.25) is 0 Å². The van der Waals surface area contributed by atoms with Crippen LogP contribution in [0.25, 0.3) is 0 Å². The molecule has 3 heterocycles. The molecule has 0 atom stereocenters. The van der Waals surface area contributed by atoms with Crippen molar-refractivity contribution >= 4 is 5.95 Å². The van der Waals surface area contributed by atoms with Gasteiger partial charge in [0.1, 0.15) is 12.4 Å². The molecule has 1 saturated carbocycles. The molecule has 0 spiro atoms. The number of hydrogen-bond donors (Lipinski definition) is 0. The largest absolute Gasteiger partial charge is 0.373 e. The van der Waals surface area contributed by atoms with Gasteiger partial charge in [0, 0.05) is 45.1 Å². The van der Waals surface area contributed by atoms with Gasteiger partial charge in [-0.15, -0.1) is 10.2 Å². The lowest BCUT2D eigenvalue weighted by Crippen LogP contribution is -2.28. The van der Waals surface area contributed by atoms with Crippen LogP contribution in [0.3, 0.4) is 0 Å². The van der Waals surface area contributed by atoms with Crippen LogP contribution in [-0.2, 0) is 24.3 Å². The highest BCUT2D eigenvalue weighted by Crippen LogP contribution is 2.29. The van der Waals surface area contributed by atoms with Crippen LogP contribution in [0.15, 0.2) is 18.5 Å². The summed E-state index contributed by atoms with van der Waals surface area (Å²) in [4.78, 5) is 10.9. The molecule has 1 aliphatic heterocycles. The highest BCUT2D eigenvalue weighted by atomic mass is 16.5. The number of ether oxygens (including phenoxy) is 1. The molecule has 4 rings (SSSR count). The Balaban J connectivity index is 1.42. The molecular weight excluding hydrogens is 280 g/mol. The number of aromatic nitrogens is 5. The third-order valence-corrected chi connectivity index (χ3v) is 4.22. The van der Waals surface area contributed by atoms with E-state index in [1.165, 1.54) is 12.8 Å². The molecule has 0 saturated heterocycles. The van der Waals surface area contributed by atoms with Crippen LogP contribution in [0.4, 0.5) is 5.95 Å². The van der Waals surface area contributed by atoms with Crippen LogP contribution in [0.5, 0.6) is 0 Å². The fourth-order valence-electron chi connectivity index (χ4n) is 2.75. The van der Waals surface area contributed by atoms with Gasteiger partial charge in [0.05, 0.1) is 0 Å². The second kappa shape index (κ2) is 6.00. The molecule has 22 heavy (non-hydrogen) atoms. The summed E-state index contributed by atoms with van der Waals surface area (Å²) in [7, 11) is 0. The summed E-state index contributed by atoms with van der Waals surface area (Å²) in [5.74, 6) is 3.53. The van der Waals surface area contributed by atoms with Gasteiger partial charge >= 0.3 is 0 Å². The van der Waals surface area contributed by atoms with Gasteiger partial charge in [0.2, 0.25) is 5.95 Å². The third-order valence-electron chi connectivity index (χ3n) is 4.22. The Hall–Kier alpha value is -2.02. The van der Waals surface area contributed by atoms with Crippen molar-refractivity contribution in [3.8, 4) is 0 Å². The van der Waals surface area contributed by atoms with Gasteiger partial charge in [-0.3, -0.25) is 0 Å². The number of anilines is 1. The van der Waals surface area contributed by atoms with Crippen molar-refractivity contribution in [2.24, 2.45) is 5.92 Å². The lowest BCUT2D eigenvalue weighted by molar-refractivity contribution is 0.103. The Bertz CT molecular complexity index is 624. The van der Waals surface area contributed by atoms with E-state index in [1.807, 2.05) is 6.07 Å². The van der Waals surface area contributed by atoms with E-state index >= 15 is 0 Å². The summed E-state index contributed by atoms with van der Waals surface area (Å²) in [6.07, 6.45) is 7.04. The van der Waals surface area contributed by atoms with Crippen LogP contribution >= 0.6 is 0 Å². The Morgan fingerprint density at radius 2 is 1.95 bits per heavy atom. The zero-order valence-electron chi connectivity index (χ0n) is 12.6. The normalized spacial score (nSPS) is 18.1. The lowest BCUT2D eigenvalue weighted by atomic mass is 10.4. The van der Waals surface area contributed by atoms with Crippen LogP contribution in [0.1, 0.15) is 24.5 Å². The quantitative estimate of drug-likeness (QED) is 0.822. The van der Waals surface area contributed by atoms with Crippen molar-refractivity contribution in [2.45, 2.75) is 32.4 Å². The van der Waals surface area contributed by atoms with E-state index in [-0.39, 0.29) is 0 Å². The molecule has 0 bridgehead atoms. The summed E-state index contributed by atoms with van der Waals surface area (Å²) in [5, 5.41) is 8.62. The Kier molecular flexibility index (Phi) is 3.72. The second-order valence-electron chi connectivity index (χ2n) is 5.93. The fourth-order valence-corrected chi connectivity index (χ4v) is 2.75. The molecule has 1 fully saturated rings. The molecule has 0 radical (unpaired) electrons. The number of nitrogens with zero attached hydrogens (tertiary/aromatic N) is 6. The lowest BCUT2D eigenvalue weighted by Gasteiger charge is -2.19. The molecular formula is C15H20N6O. The summed E-state index contributed by atoms with van der Waals surface area (Å²) >= 11 is 0. The van der Waals surface area contributed by atoms with Crippen molar-refractivity contribution in [3.63, 3.8) is 0 Å². The zero-order valence-corrected chi connectivity index (χ0v) is 12.6. The highest BCUT2D eigenvalue weighted by Gasteiger charge is 2.23. The van der Waals surface area contributed by atoms with Gasteiger partial charge in [-0.05, 0) is 24.8 Å². The van der Waals surface area contributed by atoms with Gasteiger partial charge in [-0.25, -0.2) is 9.97 Å². The number of fused-ring (bicyclic) bond motifs is 1. The monoisotopic (exact) mass is 300 g/mol. The molecule has 0 aromatic carbocycles. The van der Waals surface area contributed by atoms with Crippen LogP contribution in [-0.4, -0.2) is 44.4 Å². The second-order valence-corrected chi connectivity index (χ2v) is 5.93. The first-order valence-electron chi connectivity index (χ1n) is 7.91. The maximum absolute atomic E-state index is 5.76. The average molecular weight is 300 g/mol. The van der Waals surface area contributed by atoms with Crippen LogP contribution in [0, 0.1) is 5.92 Å². The minimum Gasteiger partial charge on any atom is -0.373 e. The Morgan fingerprint density at radius 1 is 1.09 bits per heavy atom. The molecule has 7 heteroatoms. The van der Waals surface area contributed by atoms with Crippen LogP contribution < -0.4 is 4.90 Å². The molecule has 0 amide bonds. The summed E-state index contributed by atoms with van der Waals surface area (Å²) < 4.78 is 7.95. The first-order chi connectivity index (χ1) is 10.9. The maximum Gasteiger partial charge on any atom is 0.225 e. The minimum atomic E-state index is 0.561. The average Bonchev–Trinajstić information content (AvgIpc) is 3.33. The van der Waals surface area contributed by atoms with Gasteiger partial charge in [0.25, 0.3) is 0 Å². The van der Waals surface area contributed by atoms with E-state index in [2.05, 4.69) is 29.6 Å². The molecule has 0 unspecified atom stereocenters. The topological polar surface area (TPSA) is 69.0 Å². The van der Waals surface area contributed by atoms with E-state index < -0.39 is 0 Å². The first-order valence-corrected chi connectivity index (χ1v) is 7.91. The van der Waals surface area contributed by atoms with Gasteiger partial charge in [-0.1, -0.05) is 0 Å². The Morgan fingerprint density at radius 3 is 2.77 bits per heavy atom. The highest BCUT2D eigenvalue weighted by molar-refractivity contribution is 5.29. The van der Waals surface area contributed by atoms with Crippen molar-refractivity contribution in [1.82, 2.24) is 24.7 Å². The molecule has 2 aromatic heterocycles. The van der Waals surface area contributed by atoms with Crippen molar-refractivity contribution < 1.29 is 4.74 Å². The summed E-state index contributed by atoms with van der Waals surface area (Å²) in [6.45, 7) is 4.00. The third kappa shape index (κ3) is 2.94. The zero-order chi connectivity index (χ0) is 14.8. The smallest absolute Gasteiger partial charge is 0.225 e. The standard InChI is InChI=1S/C15H20N6O/c1-5-16-15(17-6-1)20-7-4-13-18-19-14(21(13)9-8-20)11-22-10-12-2-3-12/h1,5-6,12H,2-4,7-11H2. The first kappa shape index (κ1) is 13.6. The Labute approximate surface area is 129 Å². The van der Waals surface area contributed by atoms with Gasteiger partial charge in [0.15, 0.2) is 5.82 Å². The van der Waals surface area contributed by atoms with E-state index in [9.17, 15) is 0 Å². The van der Waals surface area contributed by atoms with Gasteiger partial charge in [-0.2, -0.15) is 0 Å². The SMILES string of the molecule is c1cnc(N2CCc3nnc(COCC4CC4)n3CC2)nc1. The molecule has 1 aliphatic carbocycles. The minimum absolute atomic E-state index is 0.561. The number of hydrogen-bond acceptors (Lipinski definition) is 6. The molecule has 2 aliphatic rings. The molecule has 0 N–H and O–H groups in total. The number of rotatable bonds is 5. The summed E-state index contributed by atoms with van der Waals surface area (Å²) in [6, 6.07) is 1.84. The fraction of sp³-hybridized carbons (Fsp3) is 0.600. The van der Waals surface area contributed by atoms with E-state index in [0.717, 1.165) is 56.2 Å². The summed E-state index contributed by atoms with van der Waals surface area (Å²) in [5.41, 5.74) is 0. The predicted molar refractivity (Wildman–Crippen MR) is 80.4 cm³/mol. The molecule has 7 nitrogen and oxygen atoms in total. The molecule has 116 valence electrons. The maximum atomic E-state index is 5.76.